The molecule has 0 amide bonds. The second kappa shape index (κ2) is 9.96. The molecule has 3 heteroatoms. The van der Waals surface area contributed by atoms with E-state index in [9.17, 15) is 4.79 Å². The number of hydrogen-bond donors (Lipinski definition) is 0. The Morgan fingerprint density at radius 3 is 2.36 bits per heavy atom. The minimum absolute atomic E-state index is 0.186. The quantitative estimate of drug-likeness (QED) is 0.310. The van der Waals surface area contributed by atoms with Crippen LogP contribution in [0.15, 0.2) is 36.5 Å². The van der Waals surface area contributed by atoms with Gasteiger partial charge < -0.3 is 4.43 Å². The molecule has 0 saturated carbocycles. The predicted octanol–water partition coefficient (Wildman–Crippen LogP) is 5.68. The van der Waals surface area contributed by atoms with Crippen LogP contribution in [0.3, 0.4) is 0 Å². The van der Waals surface area contributed by atoms with E-state index >= 15 is 0 Å². The molecule has 0 aliphatic heterocycles. The maximum Gasteiger partial charge on any atom is 0.192 e. The van der Waals surface area contributed by atoms with E-state index in [1.807, 2.05) is 31.2 Å². The highest BCUT2D eigenvalue weighted by Gasteiger charge is 2.36. The summed E-state index contributed by atoms with van der Waals surface area (Å²) in [6.45, 7) is 15.7. The molecule has 0 aliphatic rings. The molecule has 0 aromatic rings. The normalized spacial score (nSPS) is 15.2. The van der Waals surface area contributed by atoms with Crippen molar-refractivity contribution < 1.29 is 9.22 Å². The SMILES string of the molecule is CC=CC=CC[C@@H](C)CC(=O)C=CCO[Si](C)(C)C(C)(C)C. The van der Waals surface area contributed by atoms with Gasteiger partial charge in [-0.25, -0.2) is 0 Å². The van der Waals surface area contributed by atoms with Gasteiger partial charge in [-0.15, -0.1) is 0 Å². The van der Waals surface area contributed by atoms with E-state index in [1.165, 1.54) is 0 Å². The smallest absolute Gasteiger partial charge is 0.192 e. The fourth-order valence-electron chi connectivity index (χ4n) is 1.65. The van der Waals surface area contributed by atoms with E-state index < -0.39 is 8.32 Å². The van der Waals surface area contributed by atoms with Crippen LogP contribution in [0.2, 0.25) is 18.1 Å². The largest absolute Gasteiger partial charge is 0.413 e. The molecule has 0 spiro atoms. The van der Waals surface area contributed by atoms with Crippen molar-refractivity contribution in [3.63, 3.8) is 0 Å². The van der Waals surface area contributed by atoms with Gasteiger partial charge in [-0.3, -0.25) is 4.79 Å². The zero-order valence-electron chi connectivity index (χ0n) is 15.5. The van der Waals surface area contributed by atoms with Gasteiger partial charge in [-0.05, 0) is 43.5 Å². The van der Waals surface area contributed by atoms with E-state index in [0.29, 0.717) is 18.9 Å². The third kappa shape index (κ3) is 9.16. The number of hydrogen-bond acceptors (Lipinski definition) is 2. The van der Waals surface area contributed by atoms with Gasteiger partial charge in [-0.1, -0.05) is 58.1 Å². The first-order valence-electron chi connectivity index (χ1n) is 8.21. The minimum atomic E-state index is -1.71. The molecule has 0 aromatic heterocycles. The maximum absolute atomic E-state index is 11.9. The van der Waals surface area contributed by atoms with Crippen LogP contribution >= 0.6 is 0 Å². The predicted molar refractivity (Wildman–Crippen MR) is 99.6 cm³/mol. The molecule has 2 nitrogen and oxygen atoms in total. The lowest BCUT2D eigenvalue weighted by atomic mass is 10.0. The van der Waals surface area contributed by atoms with E-state index in [-0.39, 0.29) is 10.8 Å². The Bertz CT molecular complexity index is 412. The van der Waals surface area contributed by atoms with Crippen molar-refractivity contribution >= 4 is 14.1 Å². The van der Waals surface area contributed by atoms with E-state index in [0.717, 1.165) is 6.42 Å². The number of rotatable bonds is 9. The molecule has 0 aromatic carbocycles. The van der Waals surface area contributed by atoms with Crippen molar-refractivity contribution in [1.82, 2.24) is 0 Å². The van der Waals surface area contributed by atoms with Crippen molar-refractivity contribution in [3.05, 3.63) is 36.5 Å². The summed E-state index contributed by atoms with van der Waals surface area (Å²) in [5.41, 5.74) is 0. The van der Waals surface area contributed by atoms with Crippen LogP contribution in [0.5, 0.6) is 0 Å². The van der Waals surface area contributed by atoms with Crippen LogP contribution in [-0.4, -0.2) is 20.7 Å². The molecule has 0 aliphatic carbocycles. The maximum atomic E-state index is 11.9. The van der Waals surface area contributed by atoms with E-state index in [1.54, 1.807) is 6.08 Å². The van der Waals surface area contributed by atoms with Gasteiger partial charge in [-0.2, -0.15) is 0 Å². The summed E-state index contributed by atoms with van der Waals surface area (Å²) in [4.78, 5) is 11.9. The highest BCUT2D eigenvalue weighted by molar-refractivity contribution is 6.74. The standard InChI is InChI=1S/C19H34O2Si/c1-8-9-10-11-13-17(2)16-18(20)14-12-15-21-22(6,7)19(3,4)5/h8-12,14,17H,13,15-16H2,1-7H3/t17-/m1/s1. The lowest BCUT2D eigenvalue weighted by Crippen LogP contribution is -2.40. The Kier molecular flexibility index (Phi) is 9.54. The monoisotopic (exact) mass is 322 g/mol. The molecule has 0 saturated heterocycles. The second-order valence-corrected chi connectivity index (χ2v) is 12.2. The zero-order valence-corrected chi connectivity index (χ0v) is 16.5. The van der Waals surface area contributed by atoms with Gasteiger partial charge >= 0.3 is 0 Å². The van der Waals surface area contributed by atoms with Gasteiger partial charge in [0.15, 0.2) is 14.1 Å². The second-order valence-electron chi connectivity index (χ2n) is 7.44. The highest BCUT2D eigenvalue weighted by Crippen LogP contribution is 2.36. The van der Waals surface area contributed by atoms with Crippen molar-refractivity contribution in [3.8, 4) is 0 Å². The van der Waals surface area contributed by atoms with Crippen LogP contribution in [0.4, 0.5) is 0 Å². The van der Waals surface area contributed by atoms with Crippen LogP contribution in [0, 0.1) is 5.92 Å². The first-order valence-corrected chi connectivity index (χ1v) is 11.1. The summed E-state index contributed by atoms with van der Waals surface area (Å²) in [7, 11) is -1.71. The summed E-state index contributed by atoms with van der Waals surface area (Å²) < 4.78 is 6.02. The van der Waals surface area contributed by atoms with Crippen molar-refractivity contribution in [2.45, 2.75) is 65.6 Å². The third-order valence-electron chi connectivity index (χ3n) is 4.18. The number of ketones is 1. The Morgan fingerprint density at radius 2 is 1.82 bits per heavy atom. The molecule has 0 rings (SSSR count). The van der Waals surface area contributed by atoms with Gasteiger partial charge in [0.05, 0.1) is 6.61 Å². The van der Waals surface area contributed by atoms with Crippen molar-refractivity contribution in [1.29, 1.82) is 0 Å². The fraction of sp³-hybridized carbons (Fsp3) is 0.632. The summed E-state index contributed by atoms with van der Waals surface area (Å²) in [6.07, 6.45) is 13.2. The third-order valence-corrected chi connectivity index (χ3v) is 8.68. The first kappa shape index (κ1) is 21.1. The molecule has 22 heavy (non-hydrogen) atoms. The summed E-state index contributed by atoms with van der Waals surface area (Å²) in [5, 5.41) is 0.207. The van der Waals surface area contributed by atoms with Gasteiger partial charge in [0.1, 0.15) is 0 Å². The van der Waals surface area contributed by atoms with Gasteiger partial charge in [0.2, 0.25) is 0 Å². The Balaban J connectivity index is 4.12. The first-order chi connectivity index (χ1) is 10.1. The number of carbonyl (C=O) groups excluding carboxylic acids is 1. The van der Waals surface area contributed by atoms with Crippen LogP contribution in [-0.2, 0) is 9.22 Å². The highest BCUT2D eigenvalue weighted by atomic mass is 28.4. The molecule has 0 unspecified atom stereocenters. The van der Waals surface area contributed by atoms with Gasteiger partial charge in [0.25, 0.3) is 0 Å². The zero-order chi connectivity index (χ0) is 17.2. The van der Waals surface area contributed by atoms with E-state index in [2.05, 4.69) is 46.9 Å². The van der Waals surface area contributed by atoms with Crippen LogP contribution < -0.4 is 0 Å². The Labute approximate surface area is 138 Å². The minimum Gasteiger partial charge on any atom is -0.413 e. The van der Waals surface area contributed by atoms with Crippen molar-refractivity contribution in [2.75, 3.05) is 6.61 Å². The molecule has 0 fully saturated rings. The van der Waals surface area contributed by atoms with E-state index in [4.69, 9.17) is 4.43 Å². The summed E-state index contributed by atoms with van der Waals surface area (Å²) in [5.74, 6) is 0.561. The fourth-order valence-corrected chi connectivity index (χ4v) is 2.59. The Hall–Kier alpha value is -0.933. The van der Waals surface area contributed by atoms with Crippen LogP contribution in [0.1, 0.15) is 47.5 Å². The average molecular weight is 323 g/mol. The lowest BCUT2D eigenvalue weighted by Gasteiger charge is -2.35. The van der Waals surface area contributed by atoms with Crippen molar-refractivity contribution in [2.24, 2.45) is 5.92 Å². The molecule has 0 bridgehead atoms. The topological polar surface area (TPSA) is 26.3 Å². The molecule has 0 heterocycles. The molecule has 0 N–H and O–H groups in total. The summed E-state index contributed by atoms with van der Waals surface area (Å²) in [6, 6.07) is 0. The Morgan fingerprint density at radius 1 is 1.18 bits per heavy atom. The molecule has 0 radical (unpaired) electrons. The van der Waals surface area contributed by atoms with Gasteiger partial charge in [0, 0.05) is 6.42 Å². The molecular weight excluding hydrogens is 288 g/mol. The molecule has 126 valence electrons. The average Bonchev–Trinajstić information content (AvgIpc) is 2.38. The number of carbonyl (C=O) groups is 1. The molecular formula is C19H34O2Si. The lowest BCUT2D eigenvalue weighted by molar-refractivity contribution is -0.115. The molecule has 1 atom stereocenters. The number of allylic oxidation sites excluding steroid dienone is 5. The summed E-state index contributed by atoms with van der Waals surface area (Å²) >= 11 is 0. The van der Waals surface area contributed by atoms with Crippen LogP contribution in [0.25, 0.3) is 0 Å².